The van der Waals surface area contributed by atoms with Crippen LogP contribution < -0.4 is 5.73 Å². The highest BCUT2D eigenvalue weighted by atomic mass is 16.5. The standard InChI is InChI=1S/C14H25N3O/c1-10(2)6-13(15)14-7-16-9-17(14)8-12-4-5-18-11(12)3/h7,9-13H,4-6,8,15H2,1-3H3. The number of ether oxygens (including phenoxy) is 1. The number of imidazole rings is 1. The van der Waals surface area contributed by atoms with Crippen molar-refractivity contribution < 1.29 is 4.74 Å². The summed E-state index contributed by atoms with van der Waals surface area (Å²) in [5, 5.41) is 0. The monoisotopic (exact) mass is 251 g/mol. The first-order chi connectivity index (χ1) is 8.58. The molecule has 1 aromatic rings. The summed E-state index contributed by atoms with van der Waals surface area (Å²) in [6, 6.07) is 0.0881. The van der Waals surface area contributed by atoms with Crippen molar-refractivity contribution in [2.75, 3.05) is 6.61 Å². The molecule has 1 aliphatic rings. The number of aromatic nitrogens is 2. The third kappa shape index (κ3) is 3.12. The molecule has 4 nitrogen and oxygen atoms in total. The van der Waals surface area contributed by atoms with E-state index in [0.29, 0.717) is 17.9 Å². The van der Waals surface area contributed by atoms with Crippen LogP contribution in [0.3, 0.4) is 0 Å². The Hall–Kier alpha value is -0.870. The largest absolute Gasteiger partial charge is 0.378 e. The predicted molar refractivity (Wildman–Crippen MR) is 72.1 cm³/mol. The van der Waals surface area contributed by atoms with Gasteiger partial charge in [-0.05, 0) is 25.7 Å². The molecule has 0 spiro atoms. The van der Waals surface area contributed by atoms with Crippen LogP contribution in [0.1, 0.15) is 45.3 Å². The first-order valence-corrected chi connectivity index (χ1v) is 6.95. The molecule has 0 aliphatic carbocycles. The molecule has 4 heteroatoms. The fourth-order valence-electron chi connectivity index (χ4n) is 2.69. The molecule has 2 rings (SSSR count). The minimum absolute atomic E-state index is 0.0881. The van der Waals surface area contributed by atoms with Gasteiger partial charge in [-0.3, -0.25) is 0 Å². The van der Waals surface area contributed by atoms with E-state index in [4.69, 9.17) is 10.5 Å². The third-order valence-corrected chi connectivity index (χ3v) is 3.81. The normalized spacial score (nSPS) is 25.8. The van der Waals surface area contributed by atoms with Crippen molar-refractivity contribution in [2.24, 2.45) is 17.6 Å². The second-order valence-electron chi connectivity index (χ2n) is 5.83. The molecule has 1 aliphatic heterocycles. The van der Waals surface area contributed by atoms with Gasteiger partial charge < -0.3 is 15.0 Å². The molecule has 1 aromatic heterocycles. The maximum Gasteiger partial charge on any atom is 0.0948 e. The van der Waals surface area contributed by atoms with Gasteiger partial charge in [0.2, 0.25) is 0 Å². The predicted octanol–water partition coefficient (Wildman–Crippen LogP) is 2.35. The summed E-state index contributed by atoms with van der Waals surface area (Å²) < 4.78 is 7.83. The Morgan fingerprint density at radius 1 is 1.56 bits per heavy atom. The third-order valence-electron chi connectivity index (χ3n) is 3.81. The lowest BCUT2D eigenvalue weighted by atomic mass is 10.0. The first kappa shape index (κ1) is 13.6. The highest BCUT2D eigenvalue weighted by molar-refractivity contribution is 5.05. The van der Waals surface area contributed by atoms with Crippen molar-refractivity contribution in [2.45, 2.75) is 52.3 Å². The van der Waals surface area contributed by atoms with Crippen molar-refractivity contribution in [1.29, 1.82) is 0 Å². The lowest BCUT2D eigenvalue weighted by Crippen LogP contribution is -2.22. The maximum absolute atomic E-state index is 6.26. The molecule has 18 heavy (non-hydrogen) atoms. The highest BCUT2D eigenvalue weighted by Crippen LogP contribution is 2.25. The Kier molecular flexibility index (Phi) is 4.40. The average molecular weight is 251 g/mol. The van der Waals surface area contributed by atoms with Crippen LogP contribution in [-0.4, -0.2) is 22.3 Å². The topological polar surface area (TPSA) is 53.1 Å². The summed E-state index contributed by atoms with van der Waals surface area (Å²) in [5.41, 5.74) is 7.41. The van der Waals surface area contributed by atoms with E-state index in [1.54, 1.807) is 0 Å². The van der Waals surface area contributed by atoms with E-state index in [-0.39, 0.29) is 6.04 Å². The molecule has 2 heterocycles. The fourth-order valence-corrected chi connectivity index (χ4v) is 2.69. The lowest BCUT2D eigenvalue weighted by Gasteiger charge is -2.20. The van der Waals surface area contributed by atoms with Gasteiger partial charge >= 0.3 is 0 Å². The molecule has 0 amide bonds. The minimum atomic E-state index is 0.0881. The first-order valence-electron chi connectivity index (χ1n) is 6.95. The van der Waals surface area contributed by atoms with Gasteiger partial charge in [0.15, 0.2) is 0 Å². The van der Waals surface area contributed by atoms with Gasteiger partial charge in [0.25, 0.3) is 0 Å². The van der Waals surface area contributed by atoms with E-state index >= 15 is 0 Å². The van der Waals surface area contributed by atoms with Gasteiger partial charge in [-0.1, -0.05) is 13.8 Å². The summed E-state index contributed by atoms with van der Waals surface area (Å²) >= 11 is 0. The minimum Gasteiger partial charge on any atom is -0.378 e. The lowest BCUT2D eigenvalue weighted by molar-refractivity contribution is 0.101. The van der Waals surface area contributed by atoms with Crippen molar-refractivity contribution in [3.63, 3.8) is 0 Å². The molecule has 3 atom stereocenters. The van der Waals surface area contributed by atoms with Crippen molar-refractivity contribution >= 4 is 0 Å². The van der Waals surface area contributed by atoms with Gasteiger partial charge in [0, 0.05) is 31.3 Å². The number of hydrogen-bond acceptors (Lipinski definition) is 3. The molecular weight excluding hydrogens is 226 g/mol. The maximum atomic E-state index is 6.26. The Morgan fingerprint density at radius 3 is 2.94 bits per heavy atom. The smallest absolute Gasteiger partial charge is 0.0948 e. The van der Waals surface area contributed by atoms with E-state index in [2.05, 4.69) is 30.3 Å². The van der Waals surface area contributed by atoms with Crippen LogP contribution >= 0.6 is 0 Å². The molecule has 1 saturated heterocycles. The van der Waals surface area contributed by atoms with Gasteiger partial charge in [-0.2, -0.15) is 0 Å². The Bertz CT molecular complexity index is 375. The van der Waals surface area contributed by atoms with Crippen molar-refractivity contribution in [3.05, 3.63) is 18.2 Å². The summed E-state index contributed by atoms with van der Waals surface area (Å²) in [6.45, 7) is 8.42. The molecule has 0 bridgehead atoms. The van der Waals surface area contributed by atoms with E-state index in [1.165, 1.54) is 0 Å². The summed E-state index contributed by atoms with van der Waals surface area (Å²) in [4.78, 5) is 4.26. The fraction of sp³-hybridized carbons (Fsp3) is 0.786. The molecular formula is C14H25N3O. The molecule has 1 fully saturated rings. The van der Waals surface area contributed by atoms with E-state index in [1.807, 2.05) is 12.5 Å². The Morgan fingerprint density at radius 2 is 2.33 bits per heavy atom. The average Bonchev–Trinajstić information content (AvgIpc) is 2.88. The van der Waals surface area contributed by atoms with Gasteiger partial charge in [-0.25, -0.2) is 4.98 Å². The van der Waals surface area contributed by atoms with Crippen LogP contribution in [0.25, 0.3) is 0 Å². The summed E-state index contributed by atoms with van der Waals surface area (Å²) in [6.07, 6.45) is 6.30. The van der Waals surface area contributed by atoms with Gasteiger partial charge in [0.1, 0.15) is 0 Å². The van der Waals surface area contributed by atoms with Crippen LogP contribution in [0, 0.1) is 11.8 Å². The van der Waals surface area contributed by atoms with Crippen LogP contribution in [-0.2, 0) is 11.3 Å². The van der Waals surface area contributed by atoms with Crippen LogP contribution in [0.5, 0.6) is 0 Å². The zero-order chi connectivity index (χ0) is 13.1. The molecule has 0 radical (unpaired) electrons. The molecule has 2 N–H and O–H groups in total. The summed E-state index contributed by atoms with van der Waals surface area (Å²) in [7, 11) is 0. The number of nitrogens with zero attached hydrogens (tertiary/aromatic N) is 2. The highest BCUT2D eigenvalue weighted by Gasteiger charge is 2.25. The van der Waals surface area contributed by atoms with Gasteiger partial charge in [-0.15, -0.1) is 0 Å². The summed E-state index contributed by atoms with van der Waals surface area (Å²) in [5.74, 6) is 1.20. The molecule has 0 saturated carbocycles. The van der Waals surface area contributed by atoms with Crippen LogP contribution in [0.15, 0.2) is 12.5 Å². The van der Waals surface area contributed by atoms with E-state index < -0.39 is 0 Å². The second-order valence-corrected chi connectivity index (χ2v) is 5.83. The quantitative estimate of drug-likeness (QED) is 0.874. The Labute approximate surface area is 110 Å². The zero-order valence-corrected chi connectivity index (χ0v) is 11.7. The van der Waals surface area contributed by atoms with Crippen LogP contribution in [0.4, 0.5) is 0 Å². The van der Waals surface area contributed by atoms with E-state index in [0.717, 1.165) is 31.7 Å². The molecule has 0 aromatic carbocycles. The van der Waals surface area contributed by atoms with Crippen LogP contribution in [0.2, 0.25) is 0 Å². The second kappa shape index (κ2) is 5.85. The molecule has 102 valence electrons. The number of nitrogens with two attached hydrogens (primary N) is 1. The van der Waals surface area contributed by atoms with Crippen molar-refractivity contribution in [1.82, 2.24) is 9.55 Å². The zero-order valence-electron chi connectivity index (χ0n) is 11.7. The van der Waals surface area contributed by atoms with Gasteiger partial charge in [0.05, 0.1) is 18.1 Å². The number of hydrogen-bond donors (Lipinski definition) is 1. The van der Waals surface area contributed by atoms with E-state index in [9.17, 15) is 0 Å². The Balaban J connectivity index is 2.03. The SMILES string of the molecule is CC(C)CC(N)c1cncn1CC1CCOC1C. The number of rotatable bonds is 5. The van der Waals surface area contributed by atoms with Crippen molar-refractivity contribution in [3.8, 4) is 0 Å². The molecule has 3 unspecified atom stereocenters.